The summed E-state index contributed by atoms with van der Waals surface area (Å²) in [6, 6.07) is 11.1. The molecule has 0 heterocycles. The third kappa shape index (κ3) is 3.31. The van der Waals surface area contributed by atoms with Gasteiger partial charge in [0.25, 0.3) is 0 Å². The second-order valence-corrected chi connectivity index (χ2v) is 4.73. The SMILES string of the molecule is N#Cc1ccc(Oc2ccc(C(F)(F)F)cc2)cc1Br. The van der Waals surface area contributed by atoms with Crippen LogP contribution in [0, 0.1) is 11.3 Å². The van der Waals surface area contributed by atoms with Gasteiger partial charge in [0, 0.05) is 4.47 Å². The van der Waals surface area contributed by atoms with Gasteiger partial charge in [-0.25, -0.2) is 0 Å². The van der Waals surface area contributed by atoms with E-state index < -0.39 is 11.7 Å². The topological polar surface area (TPSA) is 33.0 Å². The Labute approximate surface area is 121 Å². The summed E-state index contributed by atoms with van der Waals surface area (Å²) in [4.78, 5) is 0. The molecule has 0 aliphatic rings. The molecule has 0 aliphatic heterocycles. The summed E-state index contributed by atoms with van der Waals surface area (Å²) in [6.07, 6.45) is -4.37. The molecular formula is C14H7BrF3NO. The maximum absolute atomic E-state index is 12.4. The Hall–Kier alpha value is -2.00. The highest BCUT2D eigenvalue weighted by Gasteiger charge is 2.30. The molecule has 2 nitrogen and oxygen atoms in total. The molecule has 0 saturated heterocycles. The van der Waals surface area contributed by atoms with Gasteiger partial charge in [0.2, 0.25) is 0 Å². The van der Waals surface area contributed by atoms with Gasteiger partial charge in [-0.1, -0.05) is 0 Å². The Kier molecular flexibility index (Phi) is 4.00. The number of hydrogen-bond acceptors (Lipinski definition) is 2. The summed E-state index contributed by atoms with van der Waals surface area (Å²) in [6.45, 7) is 0. The highest BCUT2D eigenvalue weighted by Crippen LogP contribution is 2.32. The van der Waals surface area contributed by atoms with Crippen LogP contribution < -0.4 is 4.74 Å². The summed E-state index contributed by atoms with van der Waals surface area (Å²) >= 11 is 3.21. The van der Waals surface area contributed by atoms with E-state index in [2.05, 4.69) is 15.9 Å². The van der Waals surface area contributed by atoms with Gasteiger partial charge in [-0.05, 0) is 58.4 Å². The Morgan fingerprint density at radius 1 is 1.00 bits per heavy atom. The minimum Gasteiger partial charge on any atom is -0.457 e. The van der Waals surface area contributed by atoms with E-state index in [1.54, 1.807) is 18.2 Å². The Bertz CT molecular complexity index is 660. The molecule has 0 saturated carbocycles. The number of benzene rings is 2. The smallest absolute Gasteiger partial charge is 0.416 e. The lowest BCUT2D eigenvalue weighted by Gasteiger charge is -2.09. The molecule has 0 atom stereocenters. The van der Waals surface area contributed by atoms with Crippen LogP contribution >= 0.6 is 15.9 Å². The lowest BCUT2D eigenvalue weighted by molar-refractivity contribution is -0.137. The van der Waals surface area contributed by atoms with Gasteiger partial charge in [0.1, 0.15) is 17.6 Å². The molecule has 2 rings (SSSR count). The molecule has 2 aromatic carbocycles. The first-order valence-corrected chi connectivity index (χ1v) is 6.24. The Balaban J connectivity index is 2.19. The van der Waals surface area contributed by atoms with Crippen molar-refractivity contribution in [3.8, 4) is 17.6 Å². The van der Waals surface area contributed by atoms with Crippen LogP contribution in [0.4, 0.5) is 13.2 Å². The quantitative estimate of drug-likeness (QED) is 0.758. The van der Waals surface area contributed by atoms with Crippen LogP contribution in [0.15, 0.2) is 46.9 Å². The van der Waals surface area contributed by atoms with E-state index in [9.17, 15) is 13.2 Å². The van der Waals surface area contributed by atoms with Crippen molar-refractivity contribution in [3.63, 3.8) is 0 Å². The summed E-state index contributed by atoms with van der Waals surface area (Å²) < 4.78 is 43.2. The maximum Gasteiger partial charge on any atom is 0.416 e. The minimum atomic E-state index is -4.37. The number of alkyl halides is 3. The van der Waals surface area contributed by atoms with E-state index in [4.69, 9.17) is 10.00 Å². The van der Waals surface area contributed by atoms with Gasteiger partial charge in [-0.15, -0.1) is 0 Å². The van der Waals surface area contributed by atoms with Gasteiger partial charge in [0.05, 0.1) is 11.1 Å². The Morgan fingerprint density at radius 3 is 2.10 bits per heavy atom. The van der Waals surface area contributed by atoms with Gasteiger partial charge < -0.3 is 4.74 Å². The second-order valence-electron chi connectivity index (χ2n) is 3.88. The number of nitrogens with zero attached hydrogens (tertiary/aromatic N) is 1. The average molecular weight is 342 g/mol. The summed E-state index contributed by atoms with van der Waals surface area (Å²) in [7, 11) is 0. The predicted octanol–water partition coefficient (Wildman–Crippen LogP) is 5.13. The highest BCUT2D eigenvalue weighted by atomic mass is 79.9. The first kappa shape index (κ1) is 14.4. The molecule has 2 aromatic rings. The lowest BCUT2D eigenvalue weighted by Crippen LogP contribution is -2.03. The van der Waals surface area contributed by atoms with E-state index in [-0.39, 0.29) is 5.75 Å². The van der Waals surface area contributed by atoms with E-state index >= 15 is 0 Å². The monoisotopic (exact) mass is 341 g/mol. The number of hydrogen-bond donors (Lipinski definition) is 0. The van der Waals surface area contributed by atoms with Crippen molar-refractivity contribution < 1.29 is 17.9 Å². The predicted molar refractivity (Wildman–Crippen MR) is 70.4 cm³/mol. The van der Waals surface area contributed by atoms with Crippen molar-refractivity contribution in [2.45, 2.75) is 6.18 Å². The second kappa shape index (κ2) is 5.55. The van der Waals surface area contributed by atoms with Crippen LogP contribution in [-0.4, -0.2) is 0 Å². The fraction of sp³-hybridized carbons (Fsp3) is 0.0714. The fourth-order valence-corrected chi connectivity index (χ4v) is 1.94. The number of ether oxygens (including phenoxy) is 1. The maximum atomic E-state index is 12.4. The van der Waals surface area contributed by atoms with Crippen molar-refractivity contribution in [1.29, 1.82) is 5.26 Å². The standard InChI is InChI=1S/C14H7BrF3NO/c15-13-7-12(4-1-9(13)8-19)20-11-5-2-10(3-6-11)14(16,17)18/h1-7H. The zero-order chi connectivity index (χ0) is 14.8. The zero-order valence-electron chi connectivity index (χ0n) is 9.91. The molecule has 0 aromatic heterocycles. The summed E-state index contributed by atoms with van der Waals surface area (Å²) in [5, 5.41) is 8.78. The van der Waals surface area contributed by atoms with Gasteiger partial charge >= 0.3 is 6.18 Å². The van der Waals surface area contributed by atoms with Crippen LogP contribution in [0.25, 0.3) is 0 Å². The van der Waals surface area contributed by atoms with Gasteiger partial charge in [-0.2, -0.15) is 18.4 Å². The third-order valence-electron chi connectivity index (χ3n) is 2.48. The first-order chi connectivity index (χ1) is 9.40. The third-order valence-corrected chi connectivity index (χ3v) is 3.13. The number of nitriles is 1. The van der Waals surface area contributed by atoms with E-state index in [1.807, 2.05) is 6.07 Å². The molecule has 0 radical (unpaired) electrons. The molecule has 0 bridgehead atoms. The Morgan fingerprint density at radius 2 is 1.60 bits per heavy atom. The number of rotatable bonds is 2. The minimum absolute atomic E-state index is 0.287. The van der Waals surface area contributed by atoms with Gasteiger partial charge in [0.15, 0.2) is 0 Å². The van der Waals surface area contributed by atoms with Crippen LogP contribution in [0.1, 0.15) is 11.1 Å². The number of halogens is 4. The van der Waals surface area contributed by atoms with E-state index in [0.29, 0.717) is 15.8 Å². The molecular weight excluding hydrogens is 335 g/mol. The van der Waals surface area contributed by atoms with E-state index in [1.165, 1.54) is 12.1 Å². The van der Waals surface area contributed by atoms with Crippen molar-refractivity contribution >= 4 is 15.9 Å². The summed E-state index contributed by atoms with van der Waals surface area (Å²) in [5.41, 5.74) is -0.282. The molecule has 6 heteroatoms. The normalized spacial score (nSPS) is 10.9. The molecule has 0 N–H and O–H groups in total. The molecule has 20 heavy (non-hydrogen) atoms. The van der Waals surface area contributed by atoms with Gasteiger partial charge in [-0.3, -0.25) is 0 Å². The summed E-state index contributed by atoms with van der Waals surface area (Å²) in [5.74, 6) is 0.713. The molecule has 102 valence electrons. The largest absolute Gasteiger partial charge is 0.457 e. The molecule has 0 aliphatic carbocycles. The lowest BCUT2D eigenvalue weighted by atomic mass is 10.2. The first-order valence-electron chi connectivity index (χ1n) is 5.45. The molecule has 0 spiro atoms. The van der Waals surface area contributed by atoms with Crippen LogP contribution in [0.5, 0.6) is 11.5 Å². The van der Waals surface area contributed by atoms with Crippen molar-refractivity contribution in [1.82, 2.24) is 0 Å². The van der Waals surface area contributed by atoms with Crippen molar-refractivity contribution in [2.75, 3.05) is 0 Å². The van der Waals surface area contributed by atoms with E-state index in [0.717, 1.165) is 12.1 Å². The molecule has 0 fully saturated rings. The average Bonchev–Trinajstić information content (AvgIpc) is 2.38. The van der Waals surface area contributed by atoms with Crippen LogP contribution in [-0.2, 0) is 6.18 Å². The fourth-order valence-electron chi connectivity index (χ4n) is 1.50. The molecule has 0 amide bonds. The highest BCUT2D eigenvalue weighted by molar-refractivity contribution is 9.10. The molecule has 0 unspecified atom stereocenters. The van der Waals surface area contributed by atoms with Crippen LogP contribution in [0.3, 0.4) is 0 Å². The zero-order valence-corrected chi connectivity index (χ0v) is 11.5. The van der Waals surface area contributed by atoms with Crippen molar-refractivity contribution in [3.05, 3.63) is 58.1 Å². The van der Waals surface area contributed by atoms with Crippen LogP contribution in [0.2, 0.25) is 0 Å². The van der Waals surface area contributed by atoms with Crippen molar-refractivity contribution in [2.24, 2.45) is 0 Å².